The molecule has 74 valence electrons. The van der Waals surface area contributed by atoms with Crippen LogP contribution in [-0.4, -0.2) is 17.7 Å². The van der Waals surface area contributed by atoms with Crippen LogP contribution in [0.5, 0.6) is 5.75 Å². The number of benzene rings is 1. The Balaban J connectivity index is 2.01. The van der Waals surface area contributed by atoms with Crippen molar-refractivity contribution in [3.05, 3.63) is 29.8 Å². The maximum atomic E-state index is 10.6. The van der Waals surface area contributed by atoms with Gasteiger partial charge in [-0.3, -0.25) is 0 Å². The van der Waals surface area contributed by atoms with Gasteiger partial charge in [0.25, 0.3) is 0 Å². The van der Waals surface area contributed by atoms with E-state index in [0.717, 1.165) is 0 Å². The highest BCUT2D eigenvalue weighted by atomic mass is 16.5. The summed E-state index contributed by atoms with van der Waals surface area (Å²) in [5.74, 6) is 0.419. The van der Waals surface area contributed by atoms with Gasteiger partial charge < -0.3 is 9.84 Å². The SMILES string of the molecule is O=C(O)c1cccc(OCC2CC2)c1. The molecule has 0 atom stereocenters. The van der Waals surface area contributed by atoms with Crippen LogP contribution in [0.1, 0.15) is 23.2 Å². The van der Waals surface area contributed by atoms with Gasteiger partial charge in [0.15, 0.2) is 0 Å². The van der Waals surface area contributed by atoms with Gasteiger partial charge in [0.05, 0.1) is 12.2 Å². The maximum Gasteiger partial charge on any atom is 0.335 e. The van der Waals surface area contributed by atoms with E-state index < -0.39 is 5.97 Å². The highest BCUT2D eigenvalue weighted by molar-refractivity contribution is 5.87. The van der Waals surface area contributed by atoms with Crippen molar-refractivity contribution in [1.82, 2.24) is 0 Å². The molecule has 1 aromatic rings. The van der Waals surface area contributed by atoms with Crippen LogP contribution < -0.4 is 4.74 Å². The molecule has 0 heterocycles. The molecule has 1 aromatic carbocycles. The maximum absolute atomic E-state index is 10.6. The molecule has 0 amide bonds. The van der Waals surface area contributed by atoms with Crippen molar-refractivity contribution in [3.8, 4) is 5.75 Å². The predicted molar refractivity (Wildman–Crippen MR) is 51.6 cm³/mol. The monoisotopic (exact) mass is 192 g/mol. The third-order valence-electron chi connectivity index (χ3n) is 2.26. The summed E-state index contributed by atoms with van der Waals surface area (Å²) < 4.78 is 5.46. The fourth-order valence-corrected chi connectivity index (χ4v) is 1.22. The normalized spacial score (nSPS) is 15.1. The summed E-state index contributed by atoms with van der Waals surface area (Å²) in [6, 6.07) is 6.61. The summed E-state index contributed by atoms with van der Waals surface area (Å²) in [4.78, 5) is 10.6. The molecule has 0 aliphatic heterocycles. The van der Waals surface area contributed by atoms with E-state index >= 15 is 0 Å². The van der Waals surface area contributed by atoms with Crippen LogP contribution in [0.3, 0.4) is 0 Å². The van der Waals surface area contributed by atoms with Crippen molar-refractivity contribution in [1.29, 1.82) is 0 Å². The van der Waals surface area contributed by atoms with E-state index in [1.165, 1.54) is 12.8 Å². The molecule has 2 rings (SSSR count). The molecule has 1 aliphatic rings. The van der Waals surface area contributed by atoms with Crippen molar-refractivity contribution in [2.24, 2.45) is 5.92 Å². The van der Waals surface area contributed by atoms with Gasteiger partial charge in [-0.2, -0.15) is 0 Å². The fraction of sp³-hybridized carbons (Fsp3) is 0.364. The van der Waals surface area contributed by atoms with Crippen LogP contribution in [0.2, 0.25) is 0 Å². The van der Waals surface area contributed by atoms with Crippen LogP contribution in [0.15, 0.2) is 24.3 Å². The summed E-state index contributed by atoms with van der Waals surface area (Å²) >= 11 is 0. The minimum Gasteiger partial charge on any atom is -0.493 e. The molecule has 0 aromatic heterocycles. The Bertz CT molecular complexity index is 342. The molecule has 0 unspecified atom stereocenters. The van der Waals surface area contributed by atoms with Crippen molar-refractivity contribution in [3.63, 3.8) is 0 Å². The van der Waals surface area contributed by atoms with Gasteiger partial charge in [-0.25, -0.2) is 4.79 Å². The van der Waals surface area contributed by atoms with Crippen LogP contribution in [0.25, 0.3) is 0 Å². The number of carbonyl (C=O) groups is 1. The summed E-state index contributed by atoms with van der Waals surface area (Å²) in [5.41, 5.74) is 0.276. The highest BCUT2D eigenvalue weighted by Crippen LogP contribution is 2.29. The Morgan fingerprint density at radius 2 is 2.29 bits per heavy atom. The second kappa shape index (κ2) is 3.70. The Kier molecular flexibility index (Phi) is 2.39. The van der Waals surface area contributed by atoms with E-state index in [-0.39, 0.29) is 5.56 Å². The van der Waals surface area contributed by atoms with E-state index in [9.17, 15) is 4.79 Å². The summed E-state index contributed by atoms with van der Waals surface area (Å²) in [5, 5.41) is 8.74. The third-order valence-corrected chi connectivity index (χ3v) is 2.26. The molecule has 1 saturated carbocycles. The molecule has 1 fully saturated rings. The molecular weight excluding hydrogens is 180 g/mol. The molecular formula is C11H12O3. The average Bonchev–Trinajstić information content (AvgIpc) is 2.99. The smallest absolute Gasteiger partial charge is 0.335 e. The minimum atomic E-state index is -0.915. The Hall–Kier alpha value is -1.51. The lowest BCUT2D eigenvalue weighted by atomic mass is 10.2. The zero-order valence-corrected chi connectivity index (χ0v) is 7.77. The standard InChI is InChI=1S/C11H12O3/c12-11(13)9-2-1-3-10(6-9)14-7-8-4-5-8/h1-3,6,8H,4-5,7H2,(H,12,13). The second-order valence-electron chi connectivity index (χ2n) is 3.59. The number of ether oxygens (including phenoxy) is 1. The molecule has 0 spiro atoms. The Morgan fingerprint density at radius 1 is 1.50 bits per heavy atom. The summed E-state index contributed by atoms with van der Waals surface area (Å²) in [7, 11) is 0. The highest BCUT2D eigenvalue weighted by Gasteiger charge is 2.21. The quantitative estimate of drug-likeness (QED) is 0.795. The number of aromatic carboxylic acids is 1. The van der Waals surface area contributed by atoms with E-state index in [1.54, 1.807) is 24.3 Å². The van der Waals surface area contributed by atoms with Crippen LogP contribution in [-0.2, 0) is 0 Å². The topological polar surface area (TPSA) is 46.5 Å². The van der Waals surface area contributed by atoms with Crippen molar-refractivity contribution >= 4 is 5.97 Å². The molecule has 3 heteroatoms. The third kappa shape index (κ3) is 2.25. The van der Waals surface area contributed by atoms with Gasteiger partial charge in [0, 0.05) is 0 Å². The van der Waals surface area contributed by atoms with E-state index in [0.29, 0.717) is 18.3 Å². The Labute approximate surface area is 82.3 Å². The second-order valence-corrected chi connectivity index (χ2v) is 3.59. The average molecular weight is 192 g/mol. The summed E-state index contributed by atoms with van der Waals surface area (Å²) in [6.07, 6.45) is 2.47. The van der Waals surface area contributed by atoms with Crippen molar-refractivity contribution in [2.45, 2.75) is 12.8 Å². The molecule has 3 nitrogen and oxygen atoms in total. The first-order chi connectivity index (χ1) is 6.75. The van der Waals surface area contributed by atoms with Gasteiger partial charge in [0.1, 0.15) is 5.75 Å². The lowest BCUT2D eigenvalue weighted by Crippen LogP contribution is -2.01. The molecule has 0 radical (unpaired) electrons. The van der Waals surface area contributed by atoms with Gasteiger partial charge in [-0.1, -0.05) is 6.07 Å². The molecule has 1 N–H and O–H groups in total. The lowest BCUT2D eigenvalue weighted by Gasteiger charge is -2.05. The van der Waals surface area contributed by atoms with Crippen LogP contribution >= 0.6 is 0 Å². The molecule has 0 bridgehead atoms. The zero-order valence-electron chi connectivity index (χ0n) is 7.77. The Morgan fingerprint density at radius 3 is 2.93 bits per heavy atom. The lowest BCUT2D eigenvalue weighted by molar-refractivity contribution is 0.0696. The fourth-order valence-electron chi connectivity index (χ4n) is 1.22. The first-order valence-electron chi connectivity index (χ1n) is 4.72. The number of rotatable bonds is 4. The zero-order chi connectivity index (χ0) is 9.97. The van der Waals surface area contributed by atoms with Gasteiger partial charge >= 0.3 is 5.97 Å². The van der Waals surface area contributed by atoms with Crippen LogP contribution in [0.4, 0.5) is 0 Å². The number of carboxylic acids is 1. The molecule has 14 heavy (non-hydrogen) atoms. The summed E-state index contributed by atoms with van der Waals surface area (Å²) in [6.45, 7) is 0.711. The van der Waals surface area contributed by atoms with E-state index in [2.05, 4.69) is 0 Å². The van der Waals surface area contributed by atoms with Crippen LogP contribution in [0, 0.1) is 5.92 Å². The molecule has 0 saturated heterocycles. The van der Waals surface area contributed by atoms with Crippen molar-refractivity contribution < 1.29 is 14.6 Å². The van der Waals surface area contributed by atoms with Gasteiger partial charge in [0.2, 0.25) is 0 Å². The number of hydrogen-bond acceptors (Lipinski definition) is 2. The minimum absolute atomic E-state index is 0.276. The first kappa shape index (κ1) is 9.06. The largest absolute Gasteiger partial charge is 0.493 e. The van der Waals surface area contributed by atoms with E-state index in [4.69, 9.17) is 9.84 Å². The first-order valence-corrected chi connectivity index (χ1v) is 4.72. The predicted octanol–water partition coefficient (Wildman–Crippen LogP) is 2.17. The number of hydrogen-bond donors (Lipinski definition) is 1. The van der Waals surface area contributed by atoms with Gasteiger partial charge in [-0.05, 0) is 37.0 Å². The van der Waals surface area contributed by atoms with Crippen molar-refractivity contribution in [2.75, 3.05) is 6.61 Å². The number of carboxylic acid groups (broad SMARTS) is 1. The molecule has 1 aliphatic carbocycles. The van der Waals surface area contributed by atoms with Gasteiger partial charge in [-0.15, -0.1) is 0 Å². The van der Waals surface area contributed by atoms with E-state index in [1.807, 2.05) is 0 Å².